The Morgan fingerprint density at radius 2 is 2.00 bits per heavy atom. The maximum atomic E-state index is 15.0. The molecule has 0 saturated heterocycles. The van der Waals surface area contributed by atoms with E-state index in [4.69, 9.17) is 10.1 Å². The van der Waals surface area contributed by atoms with Gasteiger partial charge < -0.3 is 5.32 Å². The molecule has 0 radical (unpaired) electrons. The number of hydrogen-bond acceptors (Lipinski definition) is 6. The molecule has 1 aromatic carbocycles. The van der Waals surface area contributed by atoms with Crippen molar-refractivity contribution in [2.24, 2.45) is 0 Å². The molecular weight excluding hydrogens is 441 g/mol. The van der Waals surface area contributed by atoms with Gasteiger partial charge in [0.05, 0.1) is 17.4 Å². The number of likely N-dealkylation sites (N-methyl/N-ethyl adjacent to an activating group) is 1. The summed E-state index contributed by atoms with van der Waals surface area (Å²) in [5.41, 5.74) is 6.60. The zero-order chi connectivity index (χ0) is 24.3. The second-order valence-electron chi connectivity index (χ2n) is 10.3. The van der Waals surface area contributed by atoms with Gasteiger partial charge >= 0.3 is 0 Å². The third-order valence-electron chi connectivity index (χ3n) is 7.46. The third kappa shape index (κ3) is 3.76. The Labute approximate surface area is 204 Å². The van der Waals surface area contributed by atoms with Crippen molar-refractivity contribution in [2.45, 2.75) is 59.0 Å². The average Bonchev–Trinajstić information content (AvgIpc) is 3.37. The van der Waals surface area contributed by atoms with Gasteiger partial charge in [-0.3, -0.25) is 9.58 Å². The second kappa shape index (κ2) is 8.09. The van der Waals surface area contributed by atoms with Crippen LogP contribution < -0.4 is 5.32 Å². The highest BCUT2D eigenvalue weighted by Crippen LogP contribution is 2.41. The van der Waals surface area contributed by atoms with Crippen molar-refractivity contribution in [3.05, 3.63) is 58.8 Å². The highest BCUT2D eigenvalue weighted by atomic mass is 19.1. The molecular formula is C27H30FN7. The molecule has 1 N–H and O–H groups in total. The number of nitrogens with zero attached hydrogens (tertiary/aromatic N) is 6. The lowest BCUT2D eigenvalue weighted by molar-refractivity contribution is 0.266. The lowest BCUT2D eigenvalue weighted by atomic mass is 9.86. The molecule has 0 saturated carbocycles. The van der Waals surface area contributed by atoms with Crippen LogP contribution in [0.2, 0.25) is 0 Å². The quantitative estimate of drug-likeness (QED) is 0.444. The number of hydrogen-bond donors (Lipinski definition) is 1. The fourth-order valence-corrected chi connectivity index (χ4v) is 5.48. The topological polar surface area (TPSA) is 71.8 Å². The Hall–Kier alpha value is -3.39. The average molecular weight is 472 g/mol. The molecule has 4 aromatic rings. The van der Waals surface area contributed by atoms with Gasteiger partial charge in [0, 0.05) is 48.1 Å². The summed E-state index contributed by atoms with van der Waals surface area (Å²) in [6.45, 7) is 12.6. The Kier molecular flexibility index (Phi) is 5.11. The summed E-state index contributed by atoms with van der Waals surface area (Å²) in [7, 11) is 0. The van der Waals surface area contributed by atoms with E-state index in [2.05, 4.69) is 51.7 Å². The number of aromatic nitrogens is 5. The maximum absolute atomic E-state index is 15.0. The van der Waals surface area contributed by atoms with Crippen LogP contribution in [0, 0.1) is 12.7 Å². The smallest absolute Gasteiger partial charge is 0.229 e. The van der Waals surface area contributed by atoms with Crippen LogP contribution >= 0.6 is 0 Å². The van der Waals surface area contributed by atoms with Crippen molar-refractivity contribution >= 4 is 22.7 Å². The number of fused-ring (bicyclic) bond motifs is 4. The minimum absolute atomic E-state index is 0.0308. The molecule has 180 valence electrons. The summed E-state index contributed by atoms with van der Waals surface area (Å²) in [5.74, 6) is 0.558. The van der Waals surface area contributed by atoms with Gasteiger partial charge in [-0.2, -0.15) is 5.10 Å². The van der Waals surface area contributed by atoms with Crippen molar-refractivity contribution in [1.29, 1.82) is 0 Å². The minimum Gasteiger partial charge on any atom is -0.309 e. The van der Waals surface area contributed by atoms with Crippen LogP contribution in [-0.2, 0) is 24.9 Å². The third-order valence-corrected chi connectivity index (χ3v) is 7.46. The number of benzene rings is 1. The van der Waals surface area contributed by atoms with Gasteiger partial charge in [-0.1, -0.05) is 26.8 Å². The number of aryl methyl sites for hydroxylation is 2. The second-order valence-corrected chi connectivity index (χ2v) is 10.3. The molecule has 0 unspecified atom stereocenters. The van der Waals surface area contributed by atoms with Gasteiger partial charge in [-0.15, -0.1) is 0 Å². The summed E-state index contributed by atoms with van der Waals surface area (Å²) in [4.78, 5) is 15.9. The van der Waals surface area contributed by atoms with Crippen LogP contribution in [0.4, 0.5) is 16.2 Å². The summed E-state index contributed by atoms with van der Waals surface area (Å²) in [6, 6.07) is 8.04. The van der Waals surface area contributed by atoms with E-state index in [1.54, 1.807) is 0 Å². The molecule has 0 aliphatic carbocycles. The minimum atomic E-state index is -0.449. The highest BCUT2D eigenvalue weighted by molar-refractivity contribution is 5.90. The van der Waals surface area contributed by atoms with E-state index in [0.29, 0.717) is 11.8 Å². The molecule has 7 nitrogen and oxygen atoms in total. The lowest BCUT2D eigenvalue weighted by Crippen LogP contribution is -2.30. The predicted molar refractivity (Wildman–Crippen MR) is 135 cm³/mol. The first kappa shape index (κ1) is 22.1. The largest absolute Gasteiger partial charge is 0.309 e. The summed E-state index contributed by atoms with van der Waals surface area (Å²) < 4.78 is 17.1. The van der Waals surface area contributed by atoms with E-state index in [0.717, 1.165) is 66.7 Å². The lowest BCUT2D eigenvalue weighted by Gasteiger charge is -2.27. The monoisotopic (exact) mass is 471 g/mol. The Bertz CT molecular complexity index is 1460. The van der Waals surface area contributed by atoms with Crippen LogP contribution in [0.1, 0.15) is 49.7 Å². The summed E-state index contributed by atoms with van der Waals surface area (Å²) in [6.07, 6.45) is 3.20. The van der Waals surface area contributed by atoms with Crippen molar-refractivity contribution in [3.63, 3.8) is 0 Å². The molecule has 6 rings (SSSR count). The van der Waals surface area contributed by atoms with Crippen molar-refractivity contribution in [2.75, 3.05) is 18.4 Å². The van der Waals surface area contributed by atoms with Gasteiger partial charge in [0.15, 0.2) is 5.82 Å². The van der Waals surface area contributed by atoms with Crippen LogP contribution in [0.3, 0.4) is 0 Å². The number of rotatable bonds is 4. The Morgan fingerprint density at radius 1 is 1.14 bits per heavy atom. The number of pyridine rings is 1. The van der Waals surface area contributed by atoms with Crippen LogP contribution in [-0.4, -0.2) is 42.7 Å². The van der Waals surface area contributed by atoms with E-state index in [9.17, 15) is 4.39 Å². The van der Waals surface area contributed by atoms with Crippen LogP contribution in [0.15, 0.2) is 30.5 Å². The van der Waals surface area contributed by atoms with Crippen molar-refractivity contribution < 1.29 is 4.39 Å². The zero-order valence-electron chi connectivity index (χ0n) is 20.7. The molecule has 0 fully saturated rings. The predicted octanol–water partition coefficient (Wildman–Crippen LogP) is 5.14. The molecule has 0 bridgehead atoms. The molecule has 3 aromatic heterocycles. The first-order valence-corrected chi connectivity index (χ1v) is 12.3. The summed E-state index contributed by atoms with van der Waals surface area (Å²) in [5, 5.41) is 9.10. The standard InChI is InChI=1S/C27H30FN7/c1-5-34-10-8-21-17(15-34)6-7-22(30-21)31-26-29-14-20(28)24(32-26)18-12-16(2)23-19(13-18)25-27(3,4)9-11-35(25)33-23/h6-7,12-14H,5,8-11,15H2,1-4H3,(H,29,30,31,32). The number of halogens is 1. The molecule has 2 aliphatic heterocycles. The van der Waals surface area contributed by atoms with Crippen molar-refractivity contribution in [3.8, 4) is 11.3 Å². The highest BCUT2D eigenvalue weighted by Gasteiger charge is 2.34. The zero-order valence-corrected chi connectivity index (χ0v) is 20.7. The van der Waals surface area contributed by atoms with Crippen LogP contribution in [0.5, 0.6) is 0 Å². The van der Waals surface area contributed by atoms with E-state index < -0.39 is 5.82 Å². The fourth-order valence-electron chi connectivity index (χ4n) is 5.48. The van der Waals surface area contributed by atoms with Gasteiger partial charge in [0.25, 0.3) is 0 Å². The normalized spacial score (nSPS) is 16.9. The molecule has 0 spiro atoms. The van der Waals surface area contributed by atoms with Crippen LogP contribution in [0.25, 0.3) is 22.2 Å². The van der Waals surface area contributed by atoms with Gasteiger partial charge in [-0.25, -0.2) is 19.3 Å². The van der Waals surface area contributed by atoms with Gasteiger partial charge in [0.1, 0.15) is 11.5 Å². The SMILES string of the molecule is CCN1CCc2nc(Nc3ncc(F)c(-c4cc(C)c5nn6c(c5c4)C(C)(C)CC6)n3)ccc2C1. The Balaban J connectivity index is 1.35. The van der Waals surface area contributed by atoms with E-state index in [-0.39, 0.29) is 11.1 Å². The maximum Gasteiger partial charge on any atom is 0.229 e. The number of nitrogens with one attached hydrogen (secondary N) is 1. The van der Waals surface area contributed by atoms with E-state index in [1.165, 1.54) is 17.5 Å². The first-order valence-electron chi connectivity index (χ1n) is 12.3. The van der Waals surface area contributed by atoms with Gasteiger partial charge in [0.2, 0.25) is 5.95 Å². The Morgan fingerprint density at radius 3 is 2.83 bits per heavy atom. The molecule has 2 aliphatic rings. The fraction of sp³-hybridized carbons (Fsp3) is 0.407. The van der Waals surface area contributed by atoms with Crippen molar-refractivity contribution in [1.82, 2.24) is 29.6 Å². The number of anilines is 2. The molecule has 35 heavy (non-hydrogen) atoms. The molecule has 8 heteroatoms. The molecule has 5 heterocycles. The molecule has 0 amide bonds. The summed E-state index contributed by atoms with van der Waals surface area (Å²) >= 11 is 0. The van der Waals surface area contributed by atoms with E-state index in [1.807, 2.05) is 25.1 Å². The molecule has 0 atom stereocenters. The van der Waals surface area contributed by atoms with Gasteiger partial charge in [-0.05, 0) is 49.2 Å². The van der Waals surface area contributed by atoms with E-state index >= 15 is 0 Å². The first-order chi connectivity index (χ1) is 16.8.